The number of hydrogen-bond donors (Lipinski definition) is 0. The molecule has 114 valence electrons. The zero-order valence-corrected chi connectivity index (χ0v) is 17.1. The fraction of sp³-hybridized carbons (Fsp3) is 0.600. The van der Waals surface area contributed by atoms with Crippen molar-refractivity contribution in [1.82, 2.24) is 0 Å². The van der Waals surface area contributed by atoms with Gasteiger partial charge in [-0.05, 0) is 0 Å². The van der Waals surface area contributed by atoms with Crippen molar-refractivity contribution in [3.63, 3.8) is 0 Å². The molecule has 2 aliphatic rings. The third-order valence-electron chi connectivity index (χ3n) is 3.65. The van der Waals surface area contributed by atoms with E-state index in [0.717, 1.165) is 24.7 Å². The van der Waals surface area contributed by atoms with Gasteiger partial charge < -0.3 is 0 Å². The van der Waals surface area contributed by atoms with Crippen molar-refractivity contribution >= 4 is 0 Å². The summed E-state index contributed by atoms with van der Waals surface area (Å²) in [7, 11) is 0. The van der Waals surface area contributed by atoms with E-state index in [9.17, 15) is 0 Å². The molecule has 0 bridgehead atoms. The van der Waals surface area contributed by atoms with E-state index in [1.54, 1.807) is 0 Å². The summed E-state index contributed by atoms with van der Waals surface area (Å²) < 4.78 is 0. The molecule has 0 nitrogen and oxygen atoms in total. The average molecular weight is 362 g/mol. The van der Waals surface area contributed by atoms with Gasteiger partial charge in [-0.15, -0.1) is 12.8 Å². The van der Waals surface area contributed by atoms with Gasteiger partial charge in [0.2, 0.25) is 0 Å². The van der Waals surface area contributed by atoms with Gasteiger partial charge in [-0.2, -0.15) is 23.3 Å². The summed E-state index contributed by atoms with van der Waals surface area (Å²) in [5, 5.41) is 0. The molecular weight excluding hydrogens is 331 g/mol. The second-order valence-electron chi connectivity index (χ2n) is 6.67. The molecule has 0 saturated carbocycles. The van der Waals surface area contributed by atoms with Gasteiger partial charge in [-0.25, -0.2) is 11.1 Å². The van der Waals surface area contributed by atoms with Crippen LogP contribution < -0.4 is 0 Å². The first-order valence-corrected chi connectivity index (χ1v) is 7.93. The van der Waals surface area contributed by atoms with E-state index < -0.39 is 0 Å². The van der Waals surface area contributed by atoms with Gasteiger partial charge in [0, 0.05) is 0 Å². The number of hydrogen-bond acceptors (Lipinski definition) is 0. The quantitative estimate of drug-likeness (QED) is 0.521. The molecule has 1 heteroatoms. The van der Waals surface area contributed by atoms with E-state index in [2.05, 4.69) is 65.8 Å². The van der Waals surface area contributed by atoms with E-state index in [0.29, 0.717) is 0 Å². The Morgan fingerprint density at radius 2 is 1.14 bits per heavy atom. The molecule has 0 N–H and O–H groups in total. The van der Waals surface area contributed by atoms with E-state index in [1.807, 2.05) is 0 Å². The predicted molar refractivity (Wildman–Crippen MR) is 89.2 cm³/mol. The third-order valence-corrected chi connectivity index (χ3v) is 3.65. The van der Waals surface area contributed by atoms with Crippen LogP contribution in [-0.2, 0) is 26.2 Å². The molecule has 2 aliphatic carbocycles. The first kappa shape index (κ1) is 20.8. The Morgan fingerprint density at radius 1 is 0.810 bits per heavy atom. The van der Waals surface area contributed by atoms with Crippen LogP contribution in [0.2, 0.25) is 0 Å². The monoisotopic (exact) mass is 360 g/mol. The smallest absolute Gasteiger partial charge is 0.269 e. The van der Waals surface area contributed by atoms with Crippen LogP contribution in [0.15, 0.2) is 34.4 Å². The molecule has 0 aromatic carbocycles. The molecule has 0 spiro atoms. The summed E-state index contributed by atoms with van der Waals surface area (Å²) in [6.07, 6.45) is 15.7. The van der Waals surface area contributed by atoms with Crippen LogP contribution in [-0.4, -0.2) is 0 Å². The van der Waals surface area contributed by atoms with Crippen molar-refractivity contribution in [3.8, 4) is 0 Å². The second-order valence-corrected chi connectivity index (χ2v) is 6.67. The topological polar surface area (TPSA) is 0 Å². The maximum absolute atomic E-state index is 3.30. The SMILES string of the molecule is CC1=[C-]CC=C1CC(C)C.CC1=[C-]CC=C1CC(C)C.[Zr+2]. The van der Waals surface area contributed by atoms with Crippen LogP contribution in [0.4, 0.5) is 0 Å². The summed E-state index contributed by atoms with van der Waals surface area (Å²) in [6.45, 7) is 13.3. The van der Waals surface area contributed by atoms with E-state index in [-0.39, 0.29) is 26.2 Å². The minimum Gasteiger partial charge on any atom is -0.269 e. The van der Waals surface area contributed by atoms with Gasteiger partial charge in [0.15, 0.2) is 0 Å². The summed E-state index contributed by atoms with van der Waals surface area (Å²) in [4.78, 5) is 0. The summed E-state index contributed by atoms with van der Waals surface area (Å²) in [5.41, 5.74) is 5.76. The first-order chi connectivity index (χ1) is 9.40. The number of allylic oxidation sites excluding steroid dienone is 8. The normalized spacial score (nSPS) is 16.8. The Bertz CT molecular complexity index is 389. The molecular formula is C20H30Zr. The Kier molecular flexibility index (Phi) is 10.5. The maximum Gasteiger partial charge on any atom is 2.00 e. The van der Waals surface area contributed by atoms with Gasteiger partial charge >= 0.3 is 26.2 Å². The minimum absolute atomic E-state index is 0. The molecule has 0 aromatic heterocycles. The Balaban J connectivity index is 0.000000364. The molecule has 0 saturated heterocycles. The summed E-state index contributed by atoms with van der Waals surface area (Å²) in [6, 6.07) is 0. The van der Waals surface area contributed by atoms with Crippen LogP contribution in [0.25, 0.3) is 0 Å². The molecule has 0 amide bonds. The Hall–Kier alpha value is -0.157. The summed E-state index contributed by atoms with van der Waals surface area (Å²) >= 11 is 0. The molecule has 0 radical (unpaired) electrons. The molecule has 0 unspecified atom stereocenters. The van der Waals surface area contributed by atoms with Crippen LogP contribution in [0.5, 0.6) is 0 Å². The van der Waals surface area contributed by atoms with Crippen LogP contribution >= 0.6 is 0 Å². The van der Waals surface area contributed by atoms with Gasteiger partial charge in [0.1, 0.15) is 0 Å². The fourth-order valence-corrected chi connectivity index (χ4v) is 2.54. The Labute approximate surface area is 151 Å². The average Bonchev–Trinajstić information content (AvgIpc) is 2.90. The molecule has 0 atom stereocenters. The van der Waals surface area contributed by atoms with Gasteiger partial charge in [-0.3, -0.25) is 12.2 Å². The zero-order valence-electron chi connectivity index (χ0n) is 14.6. The van der Waals surface area contributed by atoms with E-state index >= 15 is 0 Å². The van der Waals surface area contributed by atoms with E-state index in [1.165, 1.54) is 35.1 Å². The van der Waals surface area contributed by atoms with Gasteiger partial charge in [-0.1, -0.05) is 66.2 Å². The maximum atomic E-state index is 3.30. The standard InChI is InChI=1S/2C10H15.Zr/c2*1-8(2)7-10-6-4-5-9(10)3;/h2*6,8H,4,7H2,1-3H3;/q2*-1;+2. The van der Waals surface area contributed by atoms with Crippen molar-refractivity contribution in [2.45, 2.75) is 67.2 Å². The van der Waals surface area contributed by atoms with Crippen molar-refractivity contribution < 1.29 is 26.2 Å². The summed E-state index contributed by atoms with van der Waals surface area (Å²) in [5.74, 6) is 1.56. The van der Waals surface area contributed by atoms with Crippen molar-refractivity contribution in [1.29, 1.82) is 0 Å². The second kappa shape index (κ2) is 10.5. The zero-order chi connectivity index (χ0) is 15.1. The van der Waals surface area contributed by atoms with Gasteiger partial charge in [0.25, 0.3) is 0 Å². The minimum atomic E-state index is 0. The molecule has 0 fully saturated rings. The Morgan fingerprint density at radius 3 is 1.33 bits per heavy atom. The van der Waals surface area contributed by atoms with Crippen molar-refractivity contribution in [2.24, 2.45) is 11.8 Å². The predicted octanol–water partition coefficient (Wildman–Crippen LogP) is 6.22. The van der Waals surface area contributed by atoms with Gasteiger partial charge in [0.05, 0.1) is 0 Å². The number of rotatable bonds is 4. The largest absolute Gasteiger partial charge is 2.00 e. The molecule has 0 aromatic rings. The molecule has 0 aliphatic heterocycles. The van der Waals surface area contributed by atoms with Crippen molar-refractivity contribution in [3.05, 3.63) is 46.6 Å². The molecule has 2 rings (SSSR count). The van der Waals surface area contributed by atoms with Crippen LogP contribution in [0, 0.1) is 24.0 Å². The molecule has 0 heterocycles. The first-order valence-electron chi connectivity index (χ1n) is 7.93. The van der Waals surface area contributed by atoms with Crippen LogP contribution in [0.3, 0.4) is 0 Å². The van der Waals surface area contributed by atoms with Crippen molar-refractivity contribution in [2.75, 3.05) is 0 Å². The molecule has 21 heavy (non-hydrogen) atoms. The van der Waals surface area contributed by atoms with Crippen LogP contribution in [0.1, 0.15) is 67.2 Å². The van der Waals surface area contributed by atoms with E-state index in [4.69, 9.17) is 0 Å². The fourth-order valence-electron chi connectivity index (χ4n) is 2.54. The third kappa shape index (κ3) is 8.15.